The smallest absolute Gasteiger partial charge is 0.299 e. The zero-order valence-electron chi connectivity index (χ0n) is 9.84. The van der Waals surface area contributed by atoms with Gasteiger partial charge in [0.15, 0.2) is 0 Å². The van der Waals surface area contributed by atoms with Crippen LogP contribution in [0.5, 0.6) is 0 Å². The van der Waals surface area contributed by atoms with Crippen molar-refractivity contribution in [3.63, 3.8) is 0 Å². The number of benzene rings is 1. The molecule has 3 rings (SSSR count). The Morgan fingerprint density at radius 1 is 1.21 bits per heavy atom. The van der Waals surface area contributed by atoms with Gasteiger partial charge in [0.2, 0.25) is 0 Å². The van der Waals surface area contributed by atoms with Crippen molar-refractivity contribution in [2.24, 2.45) is 0 Å². The van der Waals surface area contributed by atoms with Gasteiger partial charge in [0.25, 0.3) is 11.7 Å². The van der Waals surface area contributed by atoms with Crippen molar-refractivity contribution in [2.45, 2.75) is 6.54 Å². The number of carbonyl (C=O) groups excluding carboxylic acids is 2. The number of pyridine rings is 1. The van der Waals surface area contributed by atoms with E-state index in [-0.39, 0.29) is 12.1 Å². The number of rotatable bonds is 2. The van der Waals surface area contributed by atoms with E-state index in [9.17, 15) is 14.0 Å². The fourth-order valence-corrected chi connectivity index (χ4v) is 2.10. The van der Waals surface area contributed by atoms with Gasteiger partial charge in [-0.1, -0.05) is 6.07 Å². The lowest BCUT2D eigenvalue weighted by Gasteiger charge is -2.16. The van der Waals surface area contributed by atoms with Crippen molar-refractivity contribution in [1.82, 2.24) is 4.98 Å². The summed E-state index contributed by atoms with van der Waals surface area (Å²) in [6.07, 6.45) is 3.25. The third kappa shape index (κ3) is 1.89. The SMILES string of the molecule is O=C1C(=O)N(Cc2cccnc2)c2ccc(F)cc21. The van der Waals surface area contributed by atoms with E-state index in [1.54, 1.807) is 18.5 Å². The maximum Gasteiger partial charge on any atom is 0.299 e. The zero-order valence-corrected chi connectivity index (χ0v) is 9.84. The van der Waals surface area contributed by atoms with Crippen LogP contribution in [0.2, 0.25) is 0 Å². The number of aromatic nitrogens is 1. The molecule has 5 heteroatoms. The fraction of sp³-hybridized carbons (Fsp3) is 0.0714. The Bertz CT molecular complexity index is 670. The Kier molecular flexibility index (Phi) is 2.59. The monoisotopic (exact) mass is 256 g/mol. The van der Waals surface area contributed by atoms with E-state index in [0.29, 0.717) is 5.69 Å². The van der Waals surface area contributed by atoms with Crippen molar-refractivity contribution in [3.8, 4) is 0 Å². The van der Waals surface area contributed by atoms with Crippen LogP contribution in [-0.2, 0) is 11.3 Å². The summed E-state index contributed by atoms with van der Waals surface area (Å²) >= 11 is 0. The maximum atomic E-state index is 13.1. The molecule has 0 unspecified atom stereocenters. The molecule has 0 saturated heterocycles. The van der Waals surface area contributed by atoms with Gasteiger partial charge in [-0.25, -0.2) is 4.39 Å². The second-order valence-corrected chi connectivity index (χ2v) is 4.24. The van der Waals surface area contributed by atoms with Gasteiger partial charge in [0, 0.05) is 12.4 Å². The van der Waals surface area contributed by atoms with Crippen molar-refractivity contribution in [3.05, 3.63) is 59.7 Å². The molecule has 1 aromatic heterocycles. The molecule has 2 heterocycles. The number of amides is 1. The van der Waals surface area contributed by atoms with Crippen LogP contribution in [0.15, 0.2) is 42.7 Å². The molecule has 0 saturated carbocycles. The van der Waals surface area contributed by atoms with E-state index in [2.05, 4.69) is 4.98 Å². The largest absolute Gasteiger partial charge is 0.300 e. The molecule has 0 N–H and O–H groups in total. The standard InChI is InChI=1S/C14H9FN2O2/c15-10-3-4-12-11(6-10)13(18)14(19)17(12)8-9-2-1-5-16-7-9/h1-7H,8H2. The zero-order chi connectivity index (χ0) is 13.4. The molecule has 0 atom stereocenters. The highest BCUT2D eigenvalue weighted by Gasteiger charge is 2.35. The van der Waals surface area contributed by atoms with Crippen LogP contribution < -0.4 is 4.90 Å². The van der Waals surface area contributed by atoms with Gasteiger partial charge < -0.3 is 4.90 Å². The van der Waals surface area contributed by atoms with Crippen LogP contribution in [-0.4, -0.2) is 16.7 Å². The molecular weight excluding hydrogens is 247 g/mol. The summed E-state index contributed by atoms with van der Waals surface area (Å²) in [5.74, 6) is -1.83. The molecule has 0 bridgehead atoms. The summed E-state index contributed by atoms with van der Waals surface area (Å²) in [6, 6.07) is 7.35. The fourth-order valence-electron chi connectivity index (χ4n) is 2.10. The summed E-state index contributed by atoms with van der Waals surface area (Å²) < 4.78 is 13.1. The molecule has 4 nitrogen and oxygen atoms in total. The lowest BCUT2D eigenvalue weighted by atomic mass is 10.1. The minimum absolute atomic E-state index is 0.119. The Morgan fingerprint density at radius 2 is 2.05 bits per heavy atom. The van der Waals surface area contributed by atoms with Gasteiger partial charge in [-0.2, -0.15) is 0 Å². The van der Waals surface area contributed by atoms with E-state index in [1.807, 2.05) is 6.07 Å². The first-order valence-corrected chi connectivity index (χ1v) is 5.71. The highest BCUT2D eigenvalue weighted by molar-refractivity contribution is 6.52. The van der Waals surface area contributed by atoms with Crippen molar-refractivity contribution < 1.29 is 14.0 Å². The molecule has 0 aliphatic carbocycles. The Morgan fingerprint density at radius 3 is 2.79 bits per heavy atom. The molecule has 1 amide bonds. The van der Waals surface area contributed by atoms with Gasteiger partial charge in [0.05, 0.1) is 17.8 Å². The number of ketones is 1. The minimum Gasteiger partial charge on any atom is -0.300 e. The average molecular weight is 256 g/mol. The number of fused-ring (bicyclic) bond motifs is 1. The average Bonchev–Trinajstić information content (AvgIpc) is 2.65. The Balaban J connectivity index is 2.00. The molecule has 1 aliphatic rings. The molecule has 19 heavy (non-hydrogen) atoms. The van der Waals surface area contributed by atoms with Crippen LogP contribution in [0.25, 0.3) is 0 Å². The first-order chi connectivity index (χ1) is 9.16. The van der Waals surface area contributed by atoms with Crippen molar-refractivity contribution >= 4 is 17.4 Å². The van der Waals surface area contributed by atoms with Gasteiger partial charge in [-0.15, -0.1) is 0 Å². The molecule has 1 aliphatic heterocycles. The lowest BCUT2D eigenvalue weighted by molar-refractivity contribution is -0.114. The first-order valence-electron chi connectivity index (χ1n) is 5.71. The van der Waals surface area contributed by atoms with Crippen LogP contribution in [0.4, 0.5) is 10.1 Å². The quantitative estimate of drug-likeness (QED) is 0.772. The van der Waals surface area contributed by atoms with Crippen LogP contribution in [0.3, 0.4) is 0 Å². The summed E-state index contributed by atoms with van der Waals surface area (Å²) in [5, 5.41) is 0. The first kappa shape index (κ1) is 11.5. The van der Waals surface area contributed by atoms with E-state index in [0.717, 1.165) is 11.6 Å². The third-order valence-corrected chi connectivity index (χ3v) is 3.00. The lowest BCUT2D eigenvalue weighted by Crippen LogP contribution is -2.29. The maximum absolute atomic E-state index is 13.1. The second-order valence-electron chi connectivity index (χ2n) is 4.24. The molecular formula is C14H9FN2O2. The predicted octanol–water partition coefficient (Wildman–Crippen LogP) is 1.95. The third-order valence-electron chi connectivity index (χ3n) is 3.00. The number of hydrogen-bond donors (Lipinski definition) is 0. The predicted molar refractivity (Wildman–Crippen MR) is 66.2 cm³/mol. The molecule has 0 radical (unpaired) electrons. The van der Waals surface area contributed by atoms with E-state index in [1.165, 1.54) is 17.0 Å². The summed E-state index contributed by atoms with van der Waals surface area (Å²) in [4.78, 5) is 29.0. The number of Topliss-reactive ketones (excluding diaryl/α,β-unsaturated/α-hetero) is 1. The summed E-state index contributed by atoms with van der Waals surface area (Å²) in [6.45, 7) is 0.247. The van der Waals surface area contributed by atoms with E-state index in [4.69, 9.17) is 0 Å². The topological polar surface area (TPSA) is 50.3 Å². The van der Waals surface area contributed by atoms with Gasteiger partial charge >= 0.3 is 0 Å². The Labute approximate surface area is 108 Å². The number of nitrogens with zero attached hydrogens (tertiary/aromatic N) is 2. The van der Waals surface area contributed by atoms with Crippen molar-refractivity contribution in [2.75, 3.05) is 4.90 Å². The number of anilines is 1. The van der Waals surface area contributed by atoms with Gasteiger partial charge in [-0.3, -0.25) is 14.6 Å². The van der Waals surface area contributed by atoms with Crippen molar-refractivity contribution in [1.29, 1.82) is 0 Å². The molecule has 0 spiro atoms. The van der Waals surface area contributed by atoms with Gasteiger partial charge in [-0.05, 0) is 29.8 Å². The molecule has 1 aromatic carbocycles. The van der Waals surface area contributed by atoms with Gasteiger partial charge in [0.1, 0.15) is 5.82 Å². The molecule has 2 aromatic rings. The Hall–Kier alpha value is -2.56. The highest BCUT2D eigenvalue weighted by atomic mass is 19.1. The molecule has 94 valence electrons. The minimum atomic E-state index is -0.668. The van der Waals surface area contributed by atoms with E-state index < -0.39 is 17.5 Å². The summed E-state index contributed by atoms with van der Waals surface area (Å²) in [5.41, 5.74) is 1.37. The molecule has 0 fully saturated rings. The normalized spacial score (nSPS) is 13.8. The summed E-state index contributed by atoms with van der Waals surface area (Å²) in [7, 11) is 0. The number of hydrogen-bond acceptors (Lipinski definition) is 3. The highest BCUT2D eigenvalue weighted by Crippen LogP contribution is 2.30. The van der Waals surface area contributed by atoms with Crippen LogP contribution in [0, 0.1) is 5.82 Å². The number of halogens is 1. The second kappa shape index (κ2) is 4.28. The van der Waals surface area contributed by atoms with Crippen LogP contribution in [0.1, 0.15) is 15.9 Å². The number of carbonyl (C=O) groups is 2. The van der Waals surface area contributed by atoms with Crippen LogP contribution >= 0.6 is 0 Å². The van der Waals surface area contributed by atoms with E-state index >= 15 is 0 Å².